The number of nitrogens with one attached hydrogen (secondary N) is 2. The number of urea groups is 1. The third kappa shape index (κ3) is 3.72. The first-order valence-electron chi connectivity index (χ1n) is 7.12. The van der Waals surface area contributed by atoms with Crippen LogP contribution in [0.2, 0.25) is 0 Å². The van der Waals surface area contributed by atoms with Crippen molar-refractivity contribution in [3.05, 3.63) is 41.8 Å². The Balaban J connectivity index is 1.88. The molecule has 2 N–H and O–H groups in total. The van der Waals surface area contributed by atoms with Gasteiger partial charge in [0.05, 0.1) is 16.1 Å². The lowest BCUT2D eigenvalue weighted by atomic mass is 10.2. The number of carbonyl (C=O) groups is 2. The number of hydrogen-bond acceptors (Lipinski definition) is 6. The highest BCUT2D eigenvalue weighted by molar-refractivity contribution is 8.00. The number of para-hydroxylation sites is 1. The first-order chi connectivity index (χ1) is 11.7. The second-order valence-electron chi connectivity index (χ2n) is 4.76. The van der Waals surface area contributed by atoms with Crippen molar-refractivity contribution in [1.82, 2.24) is 20.6 Å². The Labute approximate surface area is 146 Å². The Bertz CT molecular complexity index is 881. The van der Waals surface area contributed by atoms with E-state index in [1.165, 1.54) is 18.8 Å². The molecule has 6 nitrogen and oxygen atoms in total. The zero-order valence-electron chi connectivity index (χ0n) is 12.8. The highest BCUT2D eigenvalue weighted by Gasteiger charge is 2.13. The molecule has 0 aliphatic heterocycles. The number of fused-ring (bicyclic) bond motifs is 1. The number of carbonyl (C=O) groups excluding carboxylic acids is 2. The standard InChI is InChI=1S/C16H14N4O2S2/c1-17-16(22)19-13(21)9-24-15-10-5-2-3-6-11(10)18-14(20-15)12-7-4-8-23-12/h2-8H,9H2,1H3,(H2,17,19,21,22). The van der Waals surface area contributed by atoms with Gasteiger partial charge < -0.3 is 5.32 Å². The molecule has 0 aliphatic carbocycles. The molecule has 0 saturated carbocycles. The molecule has 0 radical (unpaired) electrons. The Kier molecular flexibility index (Phi) is 5.07. The molecule has 1 aromatic carbocycles. The summed E-state index contributed by atoms with van der Waals surface area (Å²) in [7, 11) is 1.46. The summed E-state index contributed by atoms with van der Waals surface area (Å²) in [5, 5.41) is 8.16. The van der Waals surface area contributed by atoms with Crippen molar-refractivity contribution >= 4 is 45.9 Å². The van der Waals surface area contributed by atoms with Gasteiger partial charge in [-0.2, -0.15) is 0 Å². The van der Waals surface area contributed by atoms with Crippen LogP contribution >= 0.6 is 23.1 Å². The zero-order valence-corrected chi connectivity index (χ0v) is 14.4. The number of nitrogens with zero attached hydrogens (tertiary/aromatic N) is 2. The number of aromatic nitrogens is 2. The zero-order chi connectivity index (χ0) is 16.9. The van der Waals surface area contributed by atoms with Crippen molar-refractivity contribution in [2.75, 3.05) is 12.8 Å². The number of imide groups is 1. The van der Waals surface area contributed by atoms with Crippen LogP contribution < -0.4 is 10.6 Å². The summed E-state index contributed by atoms with van der Waals surface area (Å²) in [6.07, 6.45) is 0. The average Bonchev–Trinajstić information content (AvgIpc) is 3.14. The topological polar surface area (TPSA) is 84.0 Å². The predicted octanol–water partition coefficient (Wildman–Crippen LogP) is 2.91. The fourth-order valence-corrected chi connectivity index (χ4v) is 3.51. The molecule has 3 rings (SSSR count). The minimum absolute atomic E-state index is 0.0955. The van der Waals surface area contributed by atoms with Crippen molar-refractivity contribution in [1.29, 1.82) is 0 Å². The van der Waals surface area contributed by atoms with E-state index < -0.39 is 6.03 Å². The van der Waals surface area contributed by atoms with Crippen molar-refractivity contribution in [3.8, 4) is 10.7 Å². The molecule has 122 valence electrons. The maximum atomic E-state index is 11.8. The SMILES string of the molecule is CNC(=O)NC(=O)CSc1nc(-c2cccs2)nc2ccccc12. The summed E-state index contributed by atoms with van der Waals surface area (Å²) >= 11 is 2.85. The maximum Gasteiger partial charge on any atom is 0.321 e. The molecule has 24 heavy (non-hydrogen) atoms. The van der Waals surface area contributed by atoms with Crippen LogP contribution in [-0.4, -0.2) is 34.7 Å². The maximum absolute atomic E-state index is 11.8. The van der Waals surface area contributed by atoms with Gasteiger partial charge >= 0.3 is 6.03 Å². The molecule has 0 saturated heterocycles. The summed E-state index contributed by atoms with van der Waals surface area (Å²) in [6, 6.07) is 11.1. The molecule has 0 aliphatic rings. The second-order valence-corrected chi connectivity index (χ2v) is 6.67. The van der Waals surface area contributed by atoms with Crippen LogP contribution in [0, 0.1) is 0 Å². The highest BCUT2D eigenvalue weighted by atomic mass is 32.2. The first kappa shape index (κ1) is 16.4. The number of thiophene rings is 1. The van der Waals surface area contributed by atoms with Crippen molar-refractivity contribution in [2.45, 2.75) is 5.03 Å². The summed E-state index contributed by atoms with van der Waals surface area (Å²) in [5.41, 5.74) is 0.824. The van der Waals surface area contributed by atoms with E-state index in [1.54, 1.807) is 11.3 Å². The average molecular weight is 358 g/mol. The van der Waals surface area contributed by atoms with Crippen molar-refractivity contribution in [3.63, 3.8) is 0 Å². The van der Waals surface area contributed by atoms with Crippen LogP contribution in [0.5, 0.6) is 0 Å². The minimum Gasteiger partial charge on any atom is -0.341 e. The predicted molar refractivity (Wildman–Crippen MR) is 96.2 cm³/mol. The third-order valence-electron chi connectivity index (χ3n) is 3.13. The van der Waals surface area contributed by atoms with E-state index in [9.17, 15) is 9.59 Å². The molecule has 0 spiro atoms. The quantitative estimate of drug-likeness (QED) is 0.553. The fraction of sp³-hybridized carbons (Fsp3) is 0.125. The molecule has 3 aromatic rings. The Morgan fingerprint density at radius 3 is 2.75 bits per heavy atom. The number of thioether (sulfide) groups is 1. The van der Waals surface area contributed by atoms with E-state index in [2.05, 4.69) is 20.6 Å². The van der Waals surface area contributed by atoms with Gasteiger partial charge in [0.25, 0.3) is 0 Å². The van der Waals surface area contributed by atoms with Gasteiger partial charge in [-0.3, -0.25) is 10.1 Å². The fourth-order valence-electron chi connectivity index (χ4n) is 2.03. The van der Waals surface area contributed by atoms with Crippen LogP contribution in [0.15, 0.2) is 46.8 Å². The van der Waals surface area contributed by atoms with Crippen molar-refractivity contribution < 1.29 is 9.59 Å². The molecule has 0 atom stereocenters. The number of hydrogen-bond donors (Lipinski definition) is 2. The molecule has 2 heterocycles. The van der Waals surface area contributed by atoms with Gasteiger partial charge in [-0.05, 0) is 17.5 Å². The molecule has 8 heteroatoms. The Hall–Kier alpha value is -2.45. The molecular formula is C16H14N4O2S2. The van der Waals surface area contributed by atoms with Crippen LogP contribution in [0.4, 0.5) is 4.79 Å². The van der Waals surface area contributed by atoms with Crippen LogP contribution in [0.3, 0.4) is 0 Å². The molecule has 0 unspecified atom stereocenters. The number of rotatable bonds is 4. The smallest absolute Gasteiger partial charge is 0.321 e. The third-order valence-corrected chi connectivity index (χ3v) is 4.99. The van der Waals surface area contributed by atoms with Crippen LogP contribution in [0.1, 0.15) is 0 Å². The van der Waals surface area contributed by atoms with E-state index in [1.807, 2.05) is 41.8 Å². The van der Waals surface area contributed by atoms with Gasteiger partial charge in [-0.25, -0.2) is 14.8 Å². The van der Waals surface area contributed by atoms with E-state index in [0.29, 0.717) is 5.82 Å². The number of amides is 3. The monoisotopic (exact) mass is 358 g/mol. The van der Waals surface area contributed by atoms with Gasteiger partial charge in [0.2, 0.25) is 5.91 Å². The van der Waals surface area contributed by atoms with E-state index in [0.717, 1.165) is 20.8 Å². The largest absolute Gasteiger partial charge is 0.341 e. The molecule has 0 fully saturated rings. The van der Waals surface area contributed by atoms with Gasteiger partial charge in [-0.1, -0.05) is 36.0 Å². The van der Waals surface area contributed by atoms with Gasteiger partial charge in [-0.15, -0.1) is 11.3 Å². The summed E-state index contributed by atoms with van der Waals surface area (Å²) < 4.78 is 0. The van der Waals surface area contributed by atoms with E-state index >= 15 is 0 Å². The second kappa shape index (κ2) is 7.41. The Morgan fingerprint density at radius 1 is 1.17 bits per heavy atom. The van der Waals surface area contributed by atoms with E-state index in [4.69, 9.17) is 0 Å². The van der Waals surface area contributed by atoms with E-state index in [-0.39, 0.29) is 11.7 Å². The number of benzene rings is 1. The summed E-state index contributed by atoms with van der Waals surface area (Å²) in [4.78, 5) is 33.1. The summed E-state index contributed by atoms with van der Waals surface area (Å²) in [5.74, 6) is 0.357. The summed E-state index contributed by atoms with van der Waals surface area (Å²) in [6.45, 7) is 0. The van der Waals surface area contributed by atoms with Crippen LogP contribution in [-0.2, 0) is 4.79 Å². The van der Waals surface area contributed by atoms with Crippen molar-refractivity contribution in [2.24, 2.45) is 0 Å². The van der Waals surface area contributed by atoms with Gasteiger partial charge in [0.1, 0.15) is 5.03 Å². The highest BCUT2D eigenvalue weighted by Crippen LogP contribution is 2.29. The van der Waals surface area contributed by atoms with Gasteiger partial charge in [0.15, 0.2) is 5.82 Å². The molecular weight excluding hydrogens is 344 g/mol. The lowest BCUT2D eigenvalue weighted by Gasteiger charge is -2.08. The first-order valence-corrected chi connectivity index (χ1v) is 8.99. The molecule has 2 aromatic heterocycles. The van der Waals surface area contributed by atoms with Gasteiger partial charge in [0, 0.05) is 12.4 Å². The normalized spacial score (nSPS) is 10.5. The lowest BCUT2D eigenvalue weighted by Crippen LogP contribution is -2.38. The van der Waals surface area contributed by atoms with Crippen LogP contribution in [0.25, 0.3) is 21.6 Å². The lowest BCUT2D eigenvalue weighted by molar-refractivity contribution is -0.117. The minimum atomic E-state index is -0.521. The molecule has 0 bridgehead atoms. The molecule has 3 amide bonds. The Morgan fingerprint density at radius 2 is 2.00 bits per heavy atom.